The summed E-state index contributed by atoms with van der Waals surface area (Å²) < 4.78 is 16.6. The molecule has 0 aliphatic carbocycles. The number of ether oxygens (including phenoxy) is 3. The van der Waals surface area contributed by atoms with Gasteiger partial charge < -0.3 is 14.2 Å². The highest BCUT2D eigenvalue weighted by molar-refractivity contribution is 5.67. The smallest absolute Gasteiger partial charge is 0.303 e. The number of carbonyl (C=O) groups excluding carboxylic acids is 1. The Morgan fingerprint density at radius 3 is 2.48 bits per heavy atom. The lowest BCUT2D eigenvalue weighted by Gasteiger charge is -2.24. The Hall–Kier alpha value is -2.56. The Bertz CT molecular complexity index is 698. The predicted molar refractivity (Wildman–Crippen MR) is 86.9 cm³/mol. The lowest BCUT2D eigenvalue weighted by atomic mass is 9.94. The van der Waals surface area contributed by atoms with Crippen molar-refractivity contribution in [2.75, 3.05) is 14.2 Å². The summed E-state index contributed by atoms with van der Waals surface area (Å²) in [5.41, 5.74) is 3.37. The standard InChI is InChI=1S/C18H21NO4/c1-11-9-15(21-4)16(12(2)17(11)22-5)18(23-13(3)20)14-7-6-8-19-10-14/h6-10,18H,1-5H3. The lowest BCUT2D eigenvalue weighted by Crippen LogP contribution is -2.14. The molecule has 1 aromatic carbocycles. The zero-order valence-electron chi connectivity index (χ0n) is 14.0. The van der Waals surface area contributed by atoms with Crippen LogP contribution in [0.4, 0.5) is 0 Å². The maximum absolute atomic E-state index is 11.6. The van der Waals surface area contributed by atoms with Crippen LogP contribution in [0.2, 0.25) is 0 Å². The summed E-state index contributed by atoms with van der Waals surface area (Å²) in [5.74, 6) is 1.03. The number of aryl methyl sites for hydroxylation is 1. The second-order valence-corrected chi connectivity index (χ2v) is 5.24. The fraction of sp³-hybridized carbons (Fsp3) is 0.333. The number of aromatic nitrogens is 1. The summed E-state index contributed by atoms with van der Waals surface area (Å²) in [4.78, 5) is 15.7. The van der Waals surface area contributed by atoms with E-state index in [1.807, 2.05) is 26.0 Å². The fourth-order valence-corrected chi connectivity index (χ4v) is 2.74. The molecule has 1 atom stereocenters. The average molecular weight is 315 g/mol. The van der Waals surface area contributed by atoms with Crippen molar-refractivity contribution in [1.82, 2.24) is 4.98 Å². The molecule has 122 valence electrons. The molecule has 0 radical (unpaired) electrons. The molecule has 1 unspecified atom stereocenters. The van der Waals surface area contributed by atoms with Gasteiger partial charge in [0.25, 0.3) is 0 Å². The Balaban J connectivity index is 2.69. The molecule has 1 aromatic heterocycles. The molecule has 1 heterocycles. The first-order chi connectivity index (χ1) is 11.0. The van der Waals surface area contributed by atoms with Crippen LogP contribution < -0.4 is 9.47 Å². The summed E-state index contributed by atoms with van der Waals surface area (Å²) in [6.45, 7) is 5.26. The van der Waals surface area contributed by atoms with Gasteiger partial charge in [-0.15, -0.1) is 0 Å². The molecule has 0 fully saturated rings. The van der Waals surface area contributed by atoms with Crippen molar-refractivity contribution in [2.45, 2.75) is 26.9 Å². The van der Waals surface area contributed by atoms with Crippen LogP contribution in [-0.2, 0) is 9.53 Å². The van der Waals surface area contributed by atoms with Crippen molar-refractivity contribution in [3.63, 3.8) is 0 Å². The normalized spacial score (nSPS) is 11.7. The van der Waals surface area contributed by atoms with Crippen molar-refractivity contribution in [1.29, 1.82) is 0 Å². The van der Waals surface area contributed by atoms with Crippen LogP contribution >= 0.6 is 0 Å². The van der Waals surface area contributed by atoms with Crippen molar-refractivity contribution in [3.8, 4) is 11.5 Å². The van der Waals surface area contributed by atoms with E-state index in [4.69, 9.17) is 14.2 Å². The zero-order chi connectivity index (χ0) is 17.0. The monoisotopic (exact) mass is 315 g/mol. The molecule has 0 aliphatic rings. The van der Waals surface area contributed by atoms with Gasteiger partial charge in [0.05, 0.1) is 14.2 Å². The number of hydrogen-bond acceptors (Lipinski definition) is 5. The van der Waals surface area contributed by atoms with Gasteiger partial charge in [-0.05, 0) is 31.5 Å². The molecule has 0 aliphatic heterocycles. The van der Waals surface area contributed by atoms with Gasteiger partial charge in [-0.25, -0.2) is 0 Å². The van der Waals surface area contributed by atoms with E-state index >= 15 is 0 Å². The van der Waals surface area contributed by atoms with E-state index in [1.165, 1.54) is 6.92 Å². The number of benzene rings is 1. The van der Waals surface area contributed by atoms with Crippen LogP contribution in [-0.4, -0.2) is 25.2 Å². The largest absolute Gasteiger partial charge is 0.496 e. The molecule has 0 bridgehead atoms. The van der Waals surface area contributed by atoms with Crippen LogP contribution in [0.3, 0.4) is 0 Å². The number of nitrogens with zero attached hydrogens (tertiary/aromatic N) is 1. The topological polar surface area (TPSA) is 57.7 Å². The summed E-state index contributed by atoms with van der Waals surface area (Å²) >= 11 is 0. The summed E-state index contributed by atoms with van der Waals surface area (Å²) in [7, 11) is 3.22. The average Bonchev–Trinajstić information content (AvgIpc) is 2.53. The highest BCUT2D eigenvalue weighted by Crippen LogP contribution is 2.41. The Morgan fingerprint density at radius 1 is 1.22 bits per heavy atom. The maximum Gasteiger partial charge on any atom is 0.303 e. The van der Waals surface area contributed by atoms with Gasteiger partial charge in [0.1, 0.15) is 11.5 Å². The number of carbonyl (C=O) groups is 1. The first-order valence-corrected chi connectivity index (χ1v) is 7.28. The molecule has 23 heavy (non-hydrogen) atoms. The molecule has 2 aromatic rings. The fourth-order valence-electron chi connectivity index (χ4n) is 2.74. The first kappa shape index (κ1) is 16.8. The highest BCUT2D eigenvalue weighted by Gasteiger charge is 2.26. The summed E-state index contributed by atoms with van der Waals surface area (Å²) in [6.07, 6.45) is 2.75. The maximum atomic E-state index is 11.6. The van der Waals surface area contributed by atoms with Crippen LogP contribution in [0.15, 0.2) is 30.6 Å². The predicted octanol–water partition coefficient (Wildman–Crippen LogP) is 3.37. The van der Waals surface area contributed by atoms with E-state index in [9.17, 15) is 4.79 Å². The molecule has 0 saturated heterocycles. The van der Waals surface area contributed by atoms with Crippen molar-refractivity contribution < 1.29 is 19.0 Å². The number of rotatable bonds is 5. The summed E-state index contributed by atoms with van der Waals surface area (Å²) in [5, 5.41) is 0. The Kier molecular flexibility index (Phi) is 5.21. The minimum Gasteiger partial charge on any atom is -0.496 e. The third kappa shape index (κ3) is 3.44. The van der Waals surface area contributed by atoms with E-state index in [-0.39, 0.29) is 5.97 Å². The molecule has 5 nitrogen and oxygen atoms in total. The number of hydrogen-bond donors (Lipinski definition) is 0. The molecule has 0 N–H and O–H groups in total. The number of methoxy groups -OCH3 is 2. The van der Waals surface area contributed by atoms with Crippen molar-refractivity contribution >= 4 is 5.97 Å². The molecular formula is C18H21NO4. The van der Waals surface area contributed by atoms with E-state index in [0.717, 1.165) is 28.0 Å². The second-order valence-electron chi connectivity index (χ2n) is 5.24. The first-order valence-electron chi connectivity index (χ1n) is 7.28. The SMILES string of the molecule is COc1cc(C)c(OC)c(C)c1C(OC(C)=O)c1cccnc1. The van der Waals surface area contributed by atoms with Gasteiger partial charge in [0.2, 0.25) is 0 Å². The molecule has 0 spiro atoms. The van der Waals surface area contributed by atoms with Gasteiger partial charge >= 0.3 is 5.97 Å². The molecule has 0 saturated carbocycles. The van der Waals surface area contributed by atoms with Gasteiger partial charge in [0, 0.05) is 36.0 Å². The third-order valence-corrected chi connectivity index (χ3v) is 3.67. The summed E-state index contributed by atoms with van der Waals surface area (Å²) in [6, 6.07) is 5.55. The Morgan fingerprint density at radius 2 is 1.96 bits per heavy atom. The van der Waals surface area contributed by atoms with Crippen LogP contribution in [0, 0.1) is 13.8 Å². The highest BCUT2D eigenvalue weighted by atomic mass is 16.5. The van der Waals surface area contributed by atoms with Gasteiger partial charge in [-0.1, -0.05) is 6.07 Å². The molecular weight excluding hydrogens is 294 g/mol. The molecule has 2 rings (SSSR count). The number of esters is 1. The molecule has 5 heteroatoms. The second kappa shape index (κ2) is 7.13. The lowest BCUT2D eigenvalue weighted by molar-refractivity contribution is -0.144. The Labute approximate surface area is 136 Å². The van der Waals surface area contributed by atoms with Crippen molar-refractivity contribution in [3.05, 3.63) is 52.8 Å². The van der Waals surface area contributed by atoms with Crippen LogP contribution in [0.1, 0.15) is 35.3 Å². The van der Waals surface area contributed by atoms with Gasteiger partial charge in [-0.2, -0.15) is 0 Å². The van der Waals surface area contributed by atoms with E-state index in [0.29, 0.717) is 5.75 Å². The van der Waals surface area contributed by atoms with E-state index in [1.54, 1.807) is 32.7 Å². The molecule has 0 amide bonds. The number of pyridine rings is 1. The third-order valence-electron chi connectivity index (χ3n) is 3.67. The minimum absolute atomic E-state index is 0.375. The van der Waals surface area contributed by atoms with Crippen LogP contribution in [0.5, 0.6) is 11.5 Å². The van der Waals surface area contributed by atoms with E-state index in [2.05, 4.69) is 4.98 Å². The van der Waals surface area contributed by atoms with Gasteiger partial charge in [0.15, 0.2) is 6.10 Å². The van der Waals surface area contributed by atoms with E-state index < -0.39 is 6.10 Å². The quantitative estimate of drug-likeness (QED) is 0.792. The zero-order valence-corrected chi connectivity index (χ0v) is 14.0. The van der Waals surface area contributed by atoms with Crippen molar-refractivity contribution in [2.24, 2.45) is 0 Å². The van der Waals surface area contributed by atoms with Gasteiger partial charge in [-0.3, -0.25) is 9.78 Å². The van der Waals surface area contributed by atoms with Crippen LogP contribution in [0.25, 0.3) is 0 Å². The minimum atomic E-state index is -0.606.